The minimum absolute atomic E-state index is 0.0499. The predicted octanol–water partition coefficient (Wildman–Crippen LogP) is 17.2. The van der Waals surface area contributed by atoms with Crippen molar-refractivity contribution in [1.82, 2.24) is 0 Å². The highest BCUT2D eigenvalue weighted by Gasteiger charge is 2.42. The average Bonchev–Trinajstić information content (AvgIpc) is 3.71. The molecule has 1 aromatic heterocycles. The van der Waals surface area contributed by atoms with Crippen molar-refractivity contribution in [3.05, 3.63) is 186 Å². The maximum atomic E-state index is 4.02. The van der Waals surface area contributed by atoms with Crippen LogP contribution in [0.3, 0.4) is 0 Å². The van der Waals surface area contributed by atoms with Gasteiger partial charge < -0.3 is 10.2 Å². The van der Waals surface area contributed by atoms with Crippen molar-refractivity contribution in [2.45, 2.75) is 110 Å². The molecule has 3 aliphatic rings. The molecular formula is C65H62BN2S. The van der Waals surface area contributed by atoms with Crippen molar-refractivity contribution in [2.24, 2.45) is 0 Å². The van der Waals surface area contributed by atoms with E-state index in [4.69, 9.17) is 0 Å². The smallest absolute Gasteiger partial charge is 0.211 e. The molecule has 2 heterocycles. The number of nitrogens with zero attached hydrogens (tertiary/aromatic N) is 1. The Morgan fingerprint density at radius 3 is 1.68 bits per heavy atom. The van der Waals surface area contributed by atoms with E-state index in [2.05, 4.69) is 238 Å². The van der Waals surface area contributed by atoms with E-state index in [0.29, 0.717) is 0 Å². The number of benzene rings is 8. The van der Waals surface area contributed by atoms with E-state index in [0.717, 1.165) is 11.4 Å². The predicted molar refractivity (Wildman–Crippen MR) is 300 cm³/mol. The number of anilines is 5. The van der Waals surface area contributed by atoms with Gasteiger partial charge in [0.2, 0.25) is 7.28 Å². The summed E-state index contributed by atoms with van der Waals surface area (Å²) < 4.78 is 2.68. The van der Waals surface area contributed by atoms with E-state index in [1.54, 1.807) is 0 Å². The third-order valence-electron chi connectivity index (χ3n) is 16.6. The number of hydrogen-bond donors (Lipinski definition) is 1. The molecule has 1 radical (unpaired) electrons. The van der Waals surface area contributed by atoms with Gasteiger partial charge in [0.1, 0.15) is 0 Å². The minimum Gasteiger partial charge on any atom is -0.355 e. The third kappa shape index (κ3) is 7.27. The first-order chi connectivity index (χ1) is 33.1. The molecule has 0 amide bonds. The monoisotopic (exact) mass is 913 g/mol. The van der Waals surface area contributed by atoms with Gasteiger partial charge in [-0.1, -0.05) is 171 Å². The highest BCUT2D eigenvalue weighted by Crippen LogP contribution is 2.54. The summed E-state index contributed by atoms with van der Waals surface area (Å²) in [6.07, 6.45) is 4.73. The SMILES string of the molecule is Cc1cc2c(cc1N1c3cc(-c4ccccc4)cc(-c4ccc5ccccc5c4Nc4ccc(-c5ccccc5)cc4)c3[B]c3sc4cc5c(cc4c31)C(C)(C)CCC5(C)C)C(C)(C)CCC2(C)C. The van der Waals surface area contributed by atoms with Crippen LogP contribution in [0.15, 0.2) is 158 Å². The summed E-state index contributed by atoms with van der Waals surface area (Å²) in [6, 6.07) is 59.4. The summed E-state index contributed by atoms with van der Waals surface area (Å²) in [5.74, 6) is 0. The fourth-order valence-corrected chi connectivity index (χ4v) is 13.2. The van der Waals surface area contributed by atoms with Gasteiger partial charge in [-0.3, -0.25) is 0 Å². The van der Waals surface area contributed by atoms with Crippen molar-refractivity contribution in [2.75, 3.05) is 10.2 Å². The van der Waals surface area contributed by atoms with Crippen LogP contribution in [0.25, 0.3) is 54.2 Å². The van der Waals surface area contributed by atoms with E-state index in [-0.39, 0.29) is 21.7 Å². The Hall–Kier alpha value is -6.36. The molecule has 8 aromatic carbocycles. The van der Waals surface area contributed by atoms with Gasteiger partial charge in [-0.05, 0) is 168 Å². The zero-order chi connectivity index (χ0) is 47.6. The van der Waals surface area contributed by atoms with E-state index in [1.165, 1.54) is 135 Å². The van der Waals surface area contributed by atoms with Gasteiger partial charge in [-0.15, -0.1) is 11.3 Å². The molecule has 0 atom stereocenters. The Labute approximate surface area is 414 Å². The summed E-state index contributed by atoms with van der Waals surface area (Å²) in [7, 11) is 2.54. The molecule has 69 heavy (non-hydrogen) atoms. The normalized spacial score (nSPS) is 17.1. The largest absolute Gasteiger partial charge is 0.355 e. The second kappa shape index (κ2) is 15.8. The van der Waals surface area contributed by atoms with E-state index >= 15 is 0 Å². The summed E-state index contributed by atoms with van der Waals surface area (Å²) in [6.45, 7) is 22.0. The Balaban J connectivity index is 1.14. The quantitative estimate of drug-likeness (QED) is 0.167. The van der Waals surface area contributed by atoms with Crippen molar-refractivity contribution in [3.8, 4) is 33.4 Å². The van der Waals surface area contributed by atoms with Crippen molar-refractivity contribution >= 4 is 78.2 Å². The highest BCUT2D eigenvalue weighted by atomic mass is 32.1. The third-order valence-corrected chi connectivity index (χ3v) is 17.6. The fourth-order valence-electron chi connectivity index (χ4n) is 12.1. The first kappa shape index (κ1) is 43.9. The van der Waals surface area contributed by atoms with Gasteiger partial charge in [-0.2, -0.15) is 0 Å². The van der Waals surface area contributed by atoms with Gasteiger partial charge in [0.15, 0.2) is 0 Å². The maximum absolute atomic E-state index is 4.02. The zero-order valence-corrected chi connectivity index (χ0v) is 42.6. The van der Waals surface area contributed by atoms with Crippen LogP contribution in [0.5, 0.6) is 0 Å². The number of thiophene rings is 1. The zero-order valence-electron chi connectivity index (χ0n) is 41.8. The second-order valence-corrected chi connectivity index (χ2v) is 24.1. The number of rotatable bonds is 6. The average molecular weight is 914 g/mol. The lowest BCUT2D eigenvalue weighted by Gasteiger charge is -2.44. The van der Waals surface area contributed by atoms with Crippen LogP contribution in [0, 0.1) is 6.92 Å². The van der Waals surface area contributed by atoms with Crippen LogP contribution < -0.4 is 20.5 Å². The van der Waals surface area contributed by atoms with Crippen LogP contribution in [0.4, 0.5) is 28.4 Å². The minimum atomic E-state index is 0.0499. The summed E-state index contributed by atoms with van der Waals surface area (Å²) in [4.78, 5) is 2.70. The topological polar surface area (TPSA) is 15.3 Å². The number of fused-ring (bicyclic) bond motifs is 7. The lowest BCUT2D eigenvalue weighted by Crippen LogP contribution is -2.40. The highest BCUT2D eigenvalue weighted by molar-refractivity contribution is 7.29. The number of hydrogen-bond acceptors (Lipinski definition) is 3. The van der Waals surface area contributed by atoms with Crippen LogP contribution in [0.2, 0.25) is 0 Å². The summed E-state index contributed by atoms with van der Waals surface area (Å²) in [5.41, 5.74) is 22.1. The van der Waals surface area contributed by atoms with Gasteiger partial charge in [0.25, 0.3) is 0 Å². The fraction of sp³-hybridized carbons (Fsp3) is 0.262. The Bertz CT molecular complexity index is 3500. The Kier molecular flexibility index (Phi) is 10.1. The molecule has 0 spiro atoms. The van der Waals surface area contributed by atoms with Crippen molar-refractivity contribution < 1.29 is 0 Å². The standard InChI is InChI=1S/C65H62BN2S/c1-40-34-51-53(64(6,7)32-30-62(51,2)3)38-55(40)68-56-36-45(42-20-14-11-15-21-42)35-49(58(56)66-61-60(68)50-37-52-54(39-57(50)69-61)65(8,9)33-31-63(52,4)5)48-29-26-44-22-16-17-23-47(44)59(48)67-46-27-24-43(25-28-46)41-18-12-10-13-19-41/h10-29,34-39,67H,30-33H2,1-9H3. The van der Waals surface area contributed by atoms with Crippen LogP contribution in [0.1, 0.15) is 109 Å². The lowest BCUT2D eigenvalue weighted by atomic mass is 9.61. The summed E-state index contributed by atoms with van der Waals surface area (Å²) in [5, 5.41) is 7.79. The molecule has 4 heteroatoms. The molecule has 0 fully saturated rings. The van der Waals surface area contributed by atoms with Gasteiger partial charge in [-0.25, -0.2) is 0 Å². The molecule has 0 saturated carbocycles. The molecule has 12 rings (SSSR count). The molecule has 1 N–H and O–H groups in total. The second-order valence-electron chi connectivity index (χ2n) is 23.0. The molecule has 0 bridgehead atoms. The number of nitrogens with one attached hydrogen (secondary N) is 1. The number of aryl methyl sites for hydroxylation is 1. The molecule has 2 nitrogen and oxygen atoms in total. The first-order valence-corrected chi connectivity index (χ1v) is 26.0. The molecule has 1 aliphatic heterocycles. The van der Waals surface area contributed by atoms with Crippen LogP contribution in [-0.2, 0) is 21.7 Å². The van der Waals surface area contributed by atoms with Crippen molar-refractivity contribution in [1.29, 1.82) is 0 Å². The van der Waals surface area contributed by atoms with E-state index < -0.39 is 0 Å². The summed E-state index contributed by atoms with van der Waals surface area (Å²) >= 11 is 1.97. The van der Waals surface area contributed by atoms with E-state index in [9.17, 15) is 0 Å². The Morgan fingerprint density at radius 1 is 0.478 bits per heavy atom. The van der Waals surface area contributed by atoms with Crippen molar-refractivity contribution in [3.63, 3.8) is 0 Å². The molecule has 9 aromatic rings. The first-order valence-electron chi connectivity index (χ1n) is 25.2. The van der Waals surface area contributed by atoms with Gasteiger partial charge >= 0.3 is 0 Å². The molecule has 341 valence electrons. The molecule has 0 saturated heterocycles. The van der Waals surface area contributed by atoms with Crippen LogP contribution in [-0.4, -0.2) is 7.28 Å². The molecule has 2 aliphatic carbocycles. The molecular weight excluding hydrogens is 852 g/mol. The van der Waals surface area contributed by atoms with E-state index in [1.807, 2.05) is 11.3 Å². The van der Waals surface area contributed by atoms with Gasteiger partial charge in [0.05, 0.1) is 11.4 Å². The van der Waals surface area contributed by atoms with Crippen LogP contribution >= 0.6 is 11.3 Å². The Morgan fingerprint density at radius 2 is 1.03 bits per heavy atom. The lowest BCUT2D eigenvalue weighted by molar-refractivity contribution is 0.332. The van der Waals surface area contributed by atoms with Gasteiger partial charge in [0, 0.05) is 38.1 Å². The maximum Gasteiger partial charge on any atom is 0.211 e. The molecule has 0 unspecified atom stereocenters.